The van der Waals surface area contributed by atoms with Crippen LogP contribution in [0, 0.1) is 0 Å². The number of halogens is 3. The Morgan fingerprint density at radius 3 is 2.79 bits per heavy atom. The van der Waals surface area contributed by atoms with Gasteiger partial charge in [-0.3, -0.25) is 9.48 Å². The van der Waals surface area contributed by atoms with Crippen LogP contribution in [0.3, 0.4) is 0 Å². The van der Waals surface area contributed by atoms with E-state index in [0.29, 0.717) is 40.8 Å². The zero-order chi connectivity index (χ0) is 23.1. The number of nitrogen functional groups attached to an aromatic ring is 1. The molecule has 2 N–H and O–H groups in total. The van der Waals surface area contributed by atoms with E-state index in [2.05, 4.69) is 10.1 Å². The summed E-state index contributed by atoms with van der Waals surface area (Å²) in [7, 11) is 1.79. The third-order valence-corrected chi connectivity index (χ3v) is 6.50. The van der Waals surface area contributed by atoms with Gasteiger partial charge in [-0.25, -0.2) is 4.98 Å². The van der Waals surface area contributed by atoms with Crippen LogP contribution in [-0.4, -0.2) is 38.2 Å². The van der Waals surface area contributed by atoms with Gasteiger partial charge in [0.2, 0.25) is 0 Å². The van der Waals surface area contributed by atoms with Crippen LogP contribution in [0.1, 0.15) is 33.9 Å². The lowest BCUT2D eigenvalue weighted by Crippen LogP contribution is -2.32. The molecule has 2 aliphatic rings. The van der Waals surface area contributed by atoms with Crippen LogP contribution < -0.4 is 10.5 Å². The smallest absolute Gasteiger partial charge is 0.416 e. The highest BCUT2D eigenvalue weighted by Crippen LogP contribution is 2.47. The van der Waals surface area contributed by atoms with E-state index in [1.165, 1.54) is 6.07 Å². The number of pyridine rings is 1. The fourth-order valence-electron chi connectivity index (χ4n) is 4.96. The van der Waals surface area contributed by atoms with Gasteiger partial charge in [-0.2, -0.15) is 18.3 Å². The third-order valence-electron chi connectivity index (χ3n) is 6.50. The van der Waals surface area contributed by atoms with Crippen LogP contribution >= 0.6 is 0 Å². The van der Waals surface area contributed by atoms with E-state index in [1.54, 1.807) is 41.0 Å². The summed E-state index contributed by atoms with van der Waals surface area (Å²) >= 11 is 0. The number of rotatable bonds is 1. The summed E-state index contributed by atoms with van der Waals surface area (Å²) in [6.07, 6.45) is -2.63. The molecule has 33 heavy (non-hydrogen) atoms. The molecular weight excluding hydrogens is 435 g/mol. The Balaban J connectivity index is 1.40. The Morgan fingerprint density at radius 1 is 1.18 bits per heavy atom. The van der Waals surface area contributed by atoms with Crippen molar-refractivity contribution >= 4 is 33.5 Å². The van der Waals surface area contributed by atoms with Gasteiger partial charge in [0.25, 0.3) is 5.91 Å². The molecular formula is C23H18F3N5O2. The van der Waals surface area contributed by atoms with E-state index in [1.807, 2.05) is 0 Å². The summed E-state index contributed by atoms with van der Waals surface area (Å²) in [5.41, 5.74) is 7.77. The highest BCUT2D eigenvalue weighted by atomic mass is 19.4. The predicted molar refractivity (Wildman–Crippen MR) is 115 cm³/mol. The second-order valence-electron chi connectivity index (χ2n) is 8.40. The molecule has 0 spiro atoms. The van der Waals surface area contributed by atoms with Gasteiger partial charge in [0.15, 0.2) is 0 Å². The van der Waals surface area contributed by atoms with Gasteiger partial charge < -0.3 is 15.4 Å². The maximum absolute atomic E-state index is 13.5. The second-order valence-corrected chi connectivity index (χ2v) is 8.40. The lowest BCUT2D eigenvalue weighted by molar-refractivity contribution is -0.137. The molecule has 1 fully saturated rings. The molecule has 2 aromatic carbocycles. The van der Waals surface area contributed by atoms with Crippen molar-refractivity contribution in [2.75, 3.05) is 12.3 Å². The van der Waals surface area contributed by atoms with Crippen molar-refractivity contribution in [3.8, 4) is 5.75 Å². The number of alkyl halides is 3. The largest absolute Gasteiger partial charge is 0.487 e. The van der Waals surface area contributed by atoms with Crippen molar-refractivity contribution in [1.29, 1.82) is 0 Å². The van der Waals surface area contributed by atoms with Crippen molar-refractivity contribution in [2.24, 2.45) is 7.05 Å². The van der Waals surface area contributed by atoms with Crippen molar-refractivity contribution < 1.29 is 22.7 Å². The van der Waals surface area contributed by atoms with E-state index in [9.17, 15) is 18.0 Å². The number of ether oxygens (including phenoxy) is 1. The molecule has 0 aliphatic carbocycles. The van der Waals surface area contributed by atoms with E-state index < -0.39 is 17.8 Å². The van der Waals surface area contributed by atoms with E-state index in [4.69, 9.17) is 10.5 Å². The van der Waals surface area contributed by atoms with Gasteiger partial charge in [-0.1, -0.05) is 6.07 Å². The van der Waals surface area contributed by atoms with Crippen LogP contribution in [0.15, 0.2) is 42.6 Å². The van der Waals surface area contributed by atoms with Crippen LogP contribution in [0.5, 0.6) is 5.75 Å². The Morgan fingerprint density at radius 2 is 2.00 bits per heavy atom. The fraction of sp³-hybridized carbons (Fsp3) is 0.261. The normalized spacial score (nSPS) is 19.7. The summed E-state index contributed by atoms with van der Waals surface area (Å²) < 4.78 is 46.8. The maximum atomic E-state index is 13.5. The van der Waals surface area contributed by atoms with Crippen LogP contribution in [0.2, 0.25) is 0 Å². The molecule has 1 amide bonds. The number of anilines is 1. The number of carbonyl (C=O) groups excluding carboxylic acids is 1. The summed E-state index contributed by atoms with van der Waals surface area (Å²) in [4.78, 5) is 19.6. The highest BCUT2D eigenvalue weighted by molar-refractivity contribution is 6.10. The monoisotopic (exact) mass is 453 g/mol. The summed E-state index contributed by atoms with van der Waals surface area (Å²) in [5.74, 6) is 0.338. The highest BCUT2D eigenvalue weighted by Gasteiger charge is 2.46. The van der Waals surface area contributed by atoms with Gasteiger partial charge in [0, 0.05) is 36.5 Å². The van der Waals surface area contributed by atoms with Crippen molar-refractivity contribution in [1.82, 2.24) is 19.7 Å². The third kappa shape index (κ3) is 2.86. The average molecular weight is 453 g/mol. The Hall–Kier alpha value is -3.82. The molecule has 0 bridgehead atoms. The van der Waals surface area contributed by atoms with Crippen molar-refractivity contribution in [3.63, 3.8) is 0 Å². The summed E-state index contributed by atoms with van der Waals surface area (Å²) in [6, 6.07) is 8.25. The average Bonchev–Trinajstić information content (AvgIpc) is 3.46. The van der Waals surface area contributed by atoms with E-state index in [0.717, 1.165) is 23.0 Å². The first-order valence-corrected chi connectivity index (χ1v) is 10.4. The molecule has 6 rings (SSSR count). The number of carbonyl (C=O) groups is 1. The number of aryl methyl sites for hydroxylation is 1. The fourth-order valence-corrected chi connectivity index (χ4v) is 4.96. The number of nitrogens with zero attached hydrogens (tertiary/aromatic N) is 4. The number of fused-ring (bicyclic) bond motifs is 6. The molecule has 10 heteroatoms. The molecule has 2 aromatic heterocycles. The number of hydrogen-bond acceptors (Lipinski definition) is 5. The van der Waals surface area contributed by atoms with Gasteiger partial charge >= 0.3 is 6.18 Å². The minimum absolute atomic E-state index is 0.187. The Labute approximate surface area is 185 Å². The summed E-state index contributed by atoms with van der Waals surface area (Å²) in [5, 5.41) is 5.71. The van der Waals surface area contributed by atoms with Gasteiger partial charge in [0.05, 0.1) is 34.2 Å². The first kappa shape index (κ1) is 19.8. The summed E-state index contributed by atoms with van der Waals surface area (Å²) in [6.45, 7) is 0.452. The number of likely N-dealkylation sites (tertiary alicyclic amines) is 1. The van der Waals surface area contributed by atoms with E-state index >= 15 is 0 Å². The van der Waals surface area contributed by atoms with Crippen LogP contribution in [0.25, 0.3) is 21.8 Å². The van der Waals surface area contributed by atoms with Crippen molar-refractivity contribution in [2.45, 2.75) is 24.7 Å². The van der Waals surface area contributed by atoms with Gasteiger partial charge in [-0.15, -0.1) is 0 Å². The second kappa shape index (κ2) is 6.60. The molecule has 1 unspecified atom stereocenters. The Kier molecular flexibility index (Phi) is 3.96. The van der Waals surface area contributed by atoms with Gasteiger partial charge in [0.1, 0.15) is 17.7 Å². The Bertz CT molecular complexity index is 1460. The molecule has 0 saturated carbocycles. The topological polar surface area (TPSA) is 86.3 Å². The minimum atomic E-state index is -4.45. The lowest BCUT2D eigenvalue weighted by atomic mass is 10.0. The predicted octanol–water partition coefficient (Wildman–Crippen LogP) is 4.07. The van der Waals surface area contributed by atoms with Crippen LogP contribution in [-0.2, 0) is 13.2 Å². The van der Waals surface area contributed by atoms with Gasteiger partial charge in [-0.05, 0) is 30.3 Å². The lowest BCUT2D eigenvalue weighted by Gasteiger charge is -2.23. The molecule has 0 radical (unpaired) electrons. The molecule has 4 aromatic rings. The molecule has 168 valence electrons. The number of benzene rings is 2. The first-order chi connectivity index (χ1) is 15.7. The minimum Gasteiger partial charge on any atom is -0.487 e. The van der Waals surface area contributed by atoms with Crippen LogP contribution in [0.4, 0.5) is 19.0 Å². The van der Waals surface area contributed by atoms with E-state index in [-0.39, 0.29) is 17.8 Å². The SMILES string of the molecule is Cn1ncc2c(N)nc3ccc(C(=O)N4CC[C@@H]5Oc6cc(C(F)(F)F)ccc6C54)cc3c21. The molecule has 2 aliphatic heterocycles. The zero-order valence-electron chi connectivity index (χ0n) is 17.4. The number of hydrogen-bond donors (Lipinski definition) is 1. The molecule has 1 saturated heterocycles. The number of nitrogens with two attached hydrogens (primary N) is 1. The molecule has 7 nitrogen and oxygen atoms in total. The standard InChI is InChI=1S/C23H18F3N5O2/c1-30-19-14-8-11(2-5-16(14)29-21(27)15(19)10-28-30)22(32)31-7-6-17-20(31)13-4-3-12(23(24,25)26)9-18(13)33-17/h2-5,8-10,17,20H,6-7H2,1H3,(H2,27,29)/t17-,20?/m0/s1. The van der Waals surface area contributed by atoms with Crippen molar-refractivity contribution in [3.05, 3.63) is 59.3 Å². The number of aromatic nitrogens is 3. The maximum Gasteiger partial charge on any atom is 0.416 e. The quantitative estimate of drug-likeness (QED) is 0.470. The first-order valence-electron chi connectivity index (χ1n) is 10.4. The zero-order valence-corrected chi connectivity index (χ0v) is 17.4. The number of amides is 1. The molecule has 2 atom stereocenters. The molecule has 4 heterocycles.